The highest BCUT2D eigenvalue weighted by Crippen LogP contribution is 2.46. The first kappa shape index (κ1) is 27.0. The Kier molecular flexibility index (Phi) is 19.0. The number of hydrogen-bond acceptors (Lipinski definition) is 6. The van der Waals surface area contributed by atoms with Crippen LogP contribution in [0.3, 0.4) is 0 Å². The summed E-state index contributed by atoms with van der Waals surface area (Å²) in [6.45, 7) is 14.7. The van der Waals surface area contributed by atoms with Gasteiger partial charge in [-0.3, -0.25) is 0 Å². The van der Waals surface area contributed by atoms with Crippen molar-refractivity contribution in [2.45, 2.75) is 64.5 Å². The van der Waals surface area contributed by atoms with E-state index in [1.165, 1.54) is 35.9 Å². The summed E-state index contributed by atoms with van der Waals surface area (Å²) in [5.74, 6) is 5.41. The van der Waals surface area contributed by atoms with E-state index < -0.39 is 0 Å². The maximum absolute atomic E-state index is 2.53. The lowest BCUT2D eigenvalue weighted by Crippen LogP contribution is -2.18. The van der Waals surface area contributed by atoms with Crippen LogP contribution < -0.4 is 0 Å². The van der Waals surface area contributed by atoms with Crippen LogP contribution >= 0.6 is 63.7 Å². The van der Waals surface area contributed by atoms with Crippen LogP contribution in [0.15, 0.2) is 0 Å². The molecule has 0 aliphatic carbocycles. The smallest absolute Gasteiger partial charge is 0.0721 e. The van der Waals surface area contributed by atoms with Crippen molar-refractivity contribution in [3.8, 4) is 0 Å². The first-order valence-electron chi connectivity index (χ1n) is 9.06. The Morgan fingerprint density at radius 2 is 1.04 bits per heavy atom. The van der Waals surface area contributed by atoms with E-state index in [4.69, 9.17) is 0 Å². The Hall–Kier alpha value is 2.97. The molecule has 0 spiro atoms. The van der Waals surface area contributed by atoms with E-state index in [0.717, 1.165) is 10.1 Å². The molecule has 0 aliphatic rings. The number of rotatable bonds is 17. The first-order chi connectivity index (χ1) is 11.3. The zero-order chi connectivity index (χ0) is 18.3. The summed E-state index contributed by atoms with van der Waals surface area (Å²) in [4.78, 5) is 0. The van der Waals surface area contributed by atoms with Gasteiger partial charge in [-0.2, -0.15) is 22.4 Å². The van der Waals surface area contributed by atoms with Gasteiger partial charge in [-0.05, 0) is 54.1 Å². The fourth-order valence-electron chi connectivity index (χ4n) is 1.98. The van der Waals surface area contributed by atoms with Gasteiger partial charge in [0.1, 0.15) is 0 Å². The average Bonchev–Trinajstić information content (AvgIpc) is 2.50. The largest absolute Gasteiger partial charge is 0.197 e. The lowest BCUT2D eigenvalue weighted by atomic mass is 10.1. The Bertz CT molecular complexity index is 266. The van der Waals surface area contributed by atoms with Crippen molar-refractivity contribution in [1.29, 1.82) is 0 Å². The van der Waals surface area contributed by atoms with E-state index in [2.05, 4.69) is 85.6 Å². The van der Waals surface area contributed by atoms with Crippen LogP contribution in [0.5, 0.6) is 0 Å². The zero-order valence-corrected chi connectivity index (χ0v) is 27.1. The fourth-order valence-corrected chi connectivity index (χ4v) is 37.2. The highest BCUT2D eigenvalue weighted by Gasteiger charge is 2.19. The molecule has 0 bridgehead atoms. The molecule has 0 rings (SSSR count). The summed E-state index contributed by atoms with van der Waals surface area (Å²) in [5, 5.41) is 1.43. The Morgan fingerprint density at radius 1 is 0.667 bits per heavy atom. The van der Waals surface area contributed by atoms with Gasteiger partial charge in [-0.25, -0.2) is 0 Å². The molecule has 10 heteroatoms. The van der Waals surface area contributed by atoms with Crippen molar-refractivity contribution in [2.24, 2.45) is 0 Å². The molecule has 0 saturated carbocycles. The van der Waals surface area contributed by atoms with Crippen molar-refractivity contribution < 1.29 is 0 Å². The second-order valence-corrected chi connectivity index (χ2v) is 36.6. The van der Waals surface area contributed by atoms with Gasteiger partial charge >= 0.3 is 0 Å². The standard InChI is InChI=1S/C14H38S6Si4/c1-7-17-23-21-13(3,4)9-11-15-19-20-16-12-10-14(5,6)22-24-18-8-2/h7-12,21-24H2,1-6H3. The molecular formula is C14H38S6Si4. The van der Waals surface area contributed by atoms with Crippen molar-refractivity contribution in [2.75, 3.05) is 23.0 Å². The minimum Gasteiger partial charge on any atom is -0.197 e. The second-order valence-electron chi connectivity index (χ2n) is 7.50. The summed E-state index contributed by atoms with van der Waals surface area (Å²) in [6.07, 6.45) is 2.88. The van der Waals surface area contributed by atoms with Gasteiger partial charge in [0.15, 0.2) is 0 Å². The molecule has 0 amide bonds. The third-order valence-corrected chi connectivity index (χ3v) is 38.2. The first-order valence-corrected chi connectivity index (χ1v) is 29.4. The molecule has 0 aliphatic heterocycles. The summed E-state index contributed by atoms with van der Waals surface area (Å²) >= 11 is 4.56. The van der Waals surface area contributed by atoms with Crippen molar-refractivity contribution >= 4 is 98.1 Å². The van der Waals surface area contributed by atoms with Crippen LogP contribution in [-0.2, 0) is 0 Å². The normalized spacial score (nSPS) is 14.8. The fraction of sp³-hybridized carbons (Fsp3) is 1.00. The van der Waals surface area contributed by atoms with Crippen molar-refractivity contribution in [1.82, 2.24) is 0 Å². The van der Waals surface area contributed by atoms with Crippen LogP contribution in [0, 0.1) is 0 Å². The molecule has 0 radical (unpaired) electrons. The summed E-state index contributed by atoms with van der Waals surface area (Å²) in [5.41, 5.74) is 0. The monoisotopic (exact) mass is 510 g/mol. The van der Waals surface area contributed by atoms with Gasteiger partial charge in [0.2, 0.25) is 0 Å². The molecule has 0 atom stereocenters. The Labute approximate surface area is 184 Å². The molecule has 0 N–H and O–H groups in total. The highest BCUT2D eigenvalue weighted by atomic mass is 33.7. The minimum absolute atomic E-state index is 0.228. The molecule has 0 saturated heterocycles. The molecule has 146 valence electrons. The van der Waals surface area contributed by atoms with E-state index in [9.17, 15) is 0 Å². The topological polar surface area (TPSA) is 0 Å². The van der Waals surface area contributed by atoms with Crippen LogP contribution in [0.4, 0.5) is 0 Å². The molecule has 0 aromatic heterocycles. The third kappa shape index (κ3) is 18.3. The highest BCUT2D eigenvalue weighted by molar-refractivity contribution is 9.26. The Balaban J connectivity index is 3.50. The Morgan fingerprint density at radius 3 is 1.38 bits per heavy atom. The quantitative estimate of drug-likeness (QED) is 0.157. The van der Waals surface area contributed by atoms with Gasteiger partial charge in [-0.1, -0.05) is 63.1 Å². The molecular weight excluding hydrogens is 473 g/mol. The van der Waals surface area contributed by atoms with E-state index in [-0.39, 0.29) is 34.4 Å². The zero-order valence-electron chi connectivity index (χ0n) is 16.5. The summed E-state index contributed by atoms with van der Waals surface area (Å²) < 4.78 is 0. The lowest BCUT2D eigenvalue weighted by Gasteiger charge is -2.23. The van der Waals surface area contributed by atoms with Gasteiger partial charge in [0.05, 0.1) is 16.4 Å². The molecule has 24 heavy (non-hydrogen) atoms. The van der Waals surface area contributed by atoms with Crippen LogP contribution in [0.1, 0.15) is 54.4 Å². The summed E-state index contributed by atoms with van der Waals surface area (Å²) in [7, 11) is 9.24. The summed E-state index contributed by atoms with van der Waals surface area (Å²) in [6, 6.07) is 0. The minimum atomic E-state index is 0.228. The lowest BCUT2D eigenvalue weighted by molar-refractivity contribution is 0.657. The number of hydrogen-bond donors (Lipinski definition) is 0. The third-order valence-electron chi connectivity index (χ3n) is 4.10. The van der Waals surface area contributed by atoms with Crippen LogP contribution in [0.25, 0.3) is 0 Å². The van der Waals surface area contributed by atoms with E-state index in [1.54, 1.807) is 0 Å². The molecule has 0 aromatic carbocycles. The molecule has 0 aromatic rings. The van der Waals surface area contributed by atoms with E-state index in [1.807, 2.05) is 19.7 Å². The van der Waals surface area contributed by atoms with Crippen LogP contribution in [-0.4, -0.2) is 57.5 Å². The van der Waals surface area contributed by atoms with Gasteiger partial charge in [-0.15, -0.1) is 0 Å². The second kappa shape index (κ2) is 16.9. The molecule has 0 fully saturated rings. The molecule has 0 unspecified atom stereocenters. The SMILES string of the molecule is CCS[SiH2][SiH2]C(C)(C)CCSSSSCCC(C)(C)[SiH2][SiH2]SCC. The van der Waals surface area contributed by atoms with Gasteiger partial charge < -0.3 is 0 Å². The predicted octanol–water partition coefficient (Wildman–Crippen LogP) is 4.68. The molecule has 0 heterocycles. The van der Waals surface area contributed by atoms with Gasteiger partial charge in [0.25, 0.3) is 0 Å². The van der Waals surface area contributed by atoms with Crippen LogP contribution in [0.2, 0.25) is 10.1 Å². The maximum Gasteiger partial charge on any atom is 0.0721 e. The van der Waals surface area contributed by atoms with Crippen molar-refractivity contribution in [3.05, 3.63) is 0 Å². The maximum atomic E-state index is 2.53. The van der Waals surface area contributed by atoms with Crippen molar-refractivity contribution in [3.63, 3.8) is 0 Å². The van der Waals surface area contributed by atoms with E-state index >= 15 is 0 Å². The molecule has 0 nitrogen and oxygen atoms in total. The van der Waals surface area contributed by atoms with E-state index in [0.29, 0.717) is 0 Å². The predicted molar refractivity (Wildman–Crippen MR) is 148 cm³/mol. The average molecular weight is 511 g/mol. The van der Waals surface area contributed by atoms with Gasteiger partial charge in [0, 0.05) is 29.6 Å².